The number of amides is 1. The maximum Gasteiger partial charge on any atom is 0.416 e. The molecular weight excluding hydrogens is 419 g/mol. The van der Waals surface area contributed by atoms with Crippen LogP contribution in [0.25, 0.3) is 0 Å². The van der Waals surface area contributed by atoms with Crippen LogP contribution in [0.4, 0.5) is 19.0 Å². The molecule has 2 rings (SSSR count). The van der Waals surface area contributed by atoms with Crippen molar-refractivity contribution in [1.82, 2.24) is 20.8 Å². The summed E-state index contributed by atoms with van der Waals surface area (Å²) in [6, 6.07) is 3.94. The molecule has 7 nitrogen and oxygen atoms in total. The third-order valence-corrected chi connectivity index (χ3v) is 3.94. The van der Waals surface area contributed by atoms with Crippen molar-refractivity contribution in [3.05, 3.63) is 47.4 Å². The van der Waals surface area contributed by atoms with Crippen molar-refractivity contribution >= 4 is 29.1 Å². The minimum atomic E-state index is -4.53. The lowest BCUT2D eigenvalue weighted by molar-refractivity contribution is -0.138. The van der Waals surface area contributed by atoms with E-state index in [2.05, 4.69) is 26.1 Å². The summed E-state index contributed by atoms with van der Waals surface area (Å²) in [7, 11) is 0. The number of halogens is 3. The summed E-state index contributed by atoms with van der Waals surface area (Å²) in [5.41, 5.74) is 4.09. The molecular formula is C19H22F3N5O2S. The molecule has 0 radical (unpaired) electrons. The molecule has 0 aliphatic carbocycles. The molecule has 0 aromatic carbocycles. The topological polar surface area (TPSA) is 88.2 Å². The first-order chi connectivity index (χ1) is 14.0. The zero-order valence-electron chi connectivity index (χ0n) is 16.8. The smallest absolute Gasteiger partial charge is 0.416 e. The third kappa shape index (κ3) is 6.55. The van der Waals surface area contributed by atoms with Crippen molar-refractivity contribution < 1.29 is 22.7 Å². The maximum atomic E-state index is 13.3. The Bertz CT molecular complexity index is 902. The largest absolute Gasteiger partial charge is 0.489 e. The van der Waals surface area contributed by atoms with Crippen LogP contribution in [0.3, 0.4) is 0 Å². The van der Waals surface area contributed by atoms with Gasteiger partial charge in [0.2, 0.25) is 0 Å². The predicted octanol–water partition coefficient (Wildman–Crippen LogP) is 4.04. The molecule has 0 unspecified atom stereocenters. The molecule has 2 heterocycles. The number of alkyl halides is 3. The molecule has 0 atom stereocenters. The molecule has 2 aromatic heterocycles. The van der Waals surface area contributed by atoms with E-state index in [1.54, 1.807) is 19.9 Å². The Balaban J connectivity index is 1.98. The Hall–Kier alpha value is -2.95. The molecule has 11 heteroatoms. The van der Waals surface area contributed by atoms with Crippen molar-refractivity contribution in [2.24, 2.45) is 0 Å². The van der Waals surface area contributed by atoms with Crippen LogP contribution >= 0.6 is 12.2 Å². The van der Waals surface area contributed by atoms with Crippen LogP contribution in [0.5, 0.6) is 5.75 Å². The van der Waals surface area contributed by atoms with Crippen LogP contribution in [0.1, 0.15) is 55.2 Å². The summed E-state index contributed by atoms with van der Waals surface area (Å²) in [4.78, 5) is 20.0. The molecule has 3 N–H and O–H groups in total. The van der Waals surface area contributed by atoms with E-state index in [0.717, 1.165) is 12.3 Å². The van der Waals surface area contributed by atoms with Gasteiger partial charge in [0.15, 0.2) is 5.11 Å². The highest BCUT2D eigenvalue weighted by Crippen LogP contribution is 2.35. The number of aromatic nitrogens is 2. The van der Waals surface area contributed by atoms with Crippen LogP contribution in [0, 0.1) is 0 Å². The lowest BCUT2D eigenvalue weighted by Gasteiger charge is -2.17. The van der Waals surface area contributed by atoms with Gasteiger partial charge in [-0.1, -0.05) is 13.8 Å². The van der Waals surface area contributed by atoms with Gasteiger partial charge in [0.05, 0.1) is 17.9 Å². The van der Waals surface area contributed by atoms with Crippen LogP contribution in [-0.4, -0.2) is 27.1 Å². The van der Waals surface area contributed by atoms with Crippen LogP contribution in [-0.2, 0) is 6.18 Å². The summed E-state index contributed by atoms with van der Waals surface area (Å²) >= 11 is 5.00. The number of nitrogens with zero attached hydrogens (tertiary/aromatic N) is 2. The first-order valence-corrected chi connectivity index (χ1v) is 9.45. The van der Waals surface area contributed by atoms with Crippen molar-refractivity contribution in [3.8, 4) is 5.75 Å². The Morgan fingerprint density at radius 1 is 1.10 bits per heavy atom. The van der Waals surface area contributed by atoms with E-state index in [1.165, 1.54) is 12.3 Å². The highest BCUT2D eigenvalue weighted by molar-refractivity contribution is 7.80. The normalized spacial score (nSPS) is 11.4. The van der Waals surface area contributed by atoms with Crippen molar-refractivity contribution in [2.75, 3.05) is 5.32 Å². The molecule has 0 saturated carbocycles. The Morgan fingerprint density at radius 3 is 2.33 bits per heavy atom. The quantitative estimate of drug-likeness (QED) is 0.477. The van der Waals surface area contributed by atoms with E-state index in [0.29, 0.717) is 5.75 Å². The fraction of sp³-hybridized carbons (Fsp3) is 0.368. The number of pyridine rings is 2. The lowest BCUT2D eigenvalue weighted by Crippen LogP contribution is -2.44. The monoisotopic (exact) mass is 441 g/mol. The molecule has 0 aliphatic heterocycles. The second-order valence-electron chi connectivity index (χ2n) is 6.89. The van der Waals surface area contributed by atoms with E-state index < -0.39 is 17.6 Å². The number of thiocarbonyl (C=S) groups is 1. The van der Waals surface area contributed by atoms with E-state index in [9.17, 15) is 18.0 Å². The van der Waals surface area contributed by atoms with Gasteiger partial charge in [0, 0.05) is 6.20 Å². The highest BCUT2D eigenvalue weighted by Gasteiger charge is 2.34. The number of anilines is 1. The number of hydrazine groups is 1. The second-order valence-corrected chi connectivity index (χ2v) is 7.30. The van der Waals surface area contributed by atoms with E-state index in [1.807, 2.05) is 13.8 Å². The van der Waals surface area contributed by atoms with Crippen LogP contribution in [0.15, 0.2) is 30.6 Å². The van der Waals surface area contributed by atoms with Crippen molar-refractivity contribution in [3.63, 3.8) is 0 Å². The number of hydrogen-bond acceptors (Lipinski definition) is 5. The molecule has 0 aliphatic rings. The lowest BCUT2D eigenvalue weighted by atomic mass is 9.99. The zero-order chi connectivity index (χ0) is 22.5. The first-order valence-electron chi connectivity index (χ1n) is 9.04. The third-order valence-electron chi connectivity index (χ3n) is 3.73. The van der Waals surface area contributed by atoms with Crippen LogP contribution < -0.4 is 20.9 Å². The van der Waals surface area contributed by atoms with Gasteiger partial charge < -0.3 is 10.1 Å². The Morgan fingerprint density at radius 2 is 1.80 bits per heavy atom. The average molecular weight is 441 g/mol. The number of carbonyl (C=O) groups excluding carboxylic acids is 1. The minimum absolute atomic E-state index is 0.0299. The molecule has 30 heavy (non-hydrogen) atoms. The molecule has 162 valence electrons. The Labute approximate surface area is 177 Å². The van der Waals surface area contributed by atoms with Gasteiger partial charge in [-0.2, -0.15) is 13.2 Å². The number of hydrogen-bond donors (Lipinski definition) is 3. The van der Waals surface area contributed by atoms with E-state index in [4.69, 9.17) is 17.0 Å². The van der Waals surface area contributed by atoms with E-state index in [-0.39, 0.29) is 34.2 Å². The summed E-state index contributed by atoms with van der Waals surface area (Å²) in [6.07, 6.45) is -2.00. The summed E-state index contributed by atoms with van der Waals surface area (Å²) in [6.45, 7) is 7.02. The number of ether oxygens (including phenoxy) is 1. The fourth-order valence-electron chi connectivity index (χ4n) is 2.42. The van der Waals surface area contributed by atoms with Gasteiger partial charge >= 0.3 is 6.18 Å². The number of carbonyl (C=O) groups is 1. The standard InChI is InChI=1S/C19H22F3N5O2S/c1-10(2)13-9-24-16(7-14(13)19(20,21)22)25-18(30)27-26-17(28)15-6-5-12(8-23-15)29-11(3)4/h5-11H,1-4H3,(H,26,28)(H2,24,25,27,30). The zero-order valence-corrected chi connectivity index (χ0v) is 17.6. The minimum Gasteiger partial charge on any atom is -0.489 e. The molecule has 0 bridgehead atoms. The van der Waals surface area contributed by atoms with Crippen LogP contribution in [0.2, 0.25) is 0 Å². The number of rotatable bonds is 5. The van der Waals surface area contributed by atoms with Gasteiger partial charge in [-0.05, 0) is 55.7 Å². The Kier molecular flexibility index (Phi) is 7.54. The number of nitrogens with one attached hydrogen (secondary N) is 3. The first kappa shape index (κ1) is 23.3. The molecule has 0 spiro atoms. The summed E-state index contributed by atoms with van der Waals surface area (Å²) in [5.74, 6) is -0.526. The predicted molar refractivity (Wildman–Crippen MR) is 110 cm³/mol. The van der Waals surface area contributed by atoms with Gasteiger partial charge in [-0.3, -0.25) is 15.6 Å². The average Bonchev–Trinajstić information content (AvgIpc) is 2.65. The van der Waals surface area contributed by atoms with Gasteiger partial charge in [0.25, 0.3) is 5.91 Å². The van der Waals surface area contributed by atoms with E-state index >= 15 is 0 Å². The molecule has 1 amide bonds. The van der Waals surface area contributed by atoms with Gasteiger partial charge in [0.1, 0.15) is 17.3 Å². The molecule has 0 fully saturated rings. The van der Waals surface area contributed by atoms with Gasteiger partial charge in [-0.15, -0.1) is 0 Å². The van der Waals surface area contributed by atoms with Crippen molar-refractivity contribution in [2.45, 2.75) is 45.9 Å². The fourth-order valence-corrected chi connectivity index (χ4v) is 2.58. The molecule has 2 aromatic rings. The molecule has 0 saturated heterocycles. The summed E-state index contributed by atoms with van der Waals surface area (Å²) < 4.78 is 45.3. The SMILES string of the molecule is CC(C)Oc1ccc(C(=O)NNC(=S)Nc2cc(C(F)(F)F)c(C(C)C)cn2)nc1. The maximum absolute atomic E-state index is 13.3. The van der Waals surface area contributed by atoms with Gasteiger partial charge in [-0.25, -0.2) is 9.97 Å². The highest BCUT2D eigenvalue weighted by atomic mass is 32.1. The summed E-state index contributed by atoms with van der Waals surface area (Å²) in [5, 5.41) is 2.37. The van der Waals surface area contributed by atoms with Crippen molar-refractivity contribution in [1.29, 1.82) is 0 Å². The second kappa shape index (κ2) is 9.70.